The Labute approximate surface area is 96.9 Å². The summed E-state index contributed by atoms with van der Waals surface area (Å²) in [5.41, 5.74) is 0. The van der Waals surface area contributed by atoms with Crippen LogP contribution in [-0.4, -0.2) is 17.0 Å². The summed E-state index contributed by atoms with van der Waals surface area (Å²) in [4.78, 5) is 19.6. The highest BCUT2D eigenvalue weighted by molar-refractivity contribution is 5.68. The van der Waals surface area contributed by atoms with Gasteiger partial charge in [-0.25, -0.2) is 0 Å². The van der Waals surface area contributed by atoms with E-state index in [-0.39, 0.29) is 12.4 Å². The first-order valence-electron chi connectivity index (χ1n) is 4.69. The van der Waals surface area contributed by atoms with Crippen molar-refractivity contribution in [2.45, 2.75) is 26.7 Å². The molecule has 0 atom stereocenters. The van der Waals surface area contributed by atoms with E-state index in [1.165, 1.54) is 6.92 Å². The van der Waals surface area contributed by atoms with Crippen LogP contribution in [0.5, 0.6) is 0 Å². The van der Waals surface area contributed by atoms with Crippen LogP contribution in [0.2, 0.25) is 0 Å². The zero-order valence-electron chi connectivity index (χ0n) is 9.94. The van der Waals surface area contributed by atoms with Crippen molar-refractivity contribution in [3.05, 3.63) is 38.2 Å². The molecule has 92 valence electrons. The van der Waals surface area contributed by atoms with Crippen LogP contribution in [0.1, 0.15) is 26.7 Å². The van der Waals surface area contributed by atoms with Gasteiger partial charge < -0.3 is 9.84 Å². The predicted molar refractivity (Wildman–Crippen MR) is 64.9 cm³/mol. The van der Waals surface area contributed by atoms with E-state index in [4.69, 9.17) is 5.11 Å². The molecule has 0 aromatic carbocycles. The number of hydrogen-bond donors (Lipinski definition) is 1. The van der Waals surface area contributed by atoms with E-state index >= 15 is 0 Å². The van der Waals surface area contributed by atoms with E-state index in [2.05, 4.69) is 24.5 Å². The summed E-state index contributed by atoms with van der Waals surface area (Å²) in [5.74, 6) is -1.10. The molecule has 0 saturated heterocycles. The number of hydrogen-bond acceptors (Lipinski definition) is 3. The first-order chi connectivity index (χ1) is 7.54. The topological polar surface area (TPSA) is 63.6 Å². The Morgan fingerprint density at radius 2 is 1.81 bits per heavy atom. The van der Waals surface area contributed by atoms with Crippen molar-refractivity contribution in [2.24, 2.45) is 0 Å². The molecule has 16 heavy (non-hydrogen) atoms. The van der Waals surface area contributed by atoms with Gasteiger partial charge in [0, 0.05) is 6.92 Å². The van der Waals surface area contributed by atoms with Crippen LogP contribution in [0.4, 0.5) is 0 Å². The summed E-state index contributed by atoms with van der Waals surface area (Å²) in [7, 11) is 0. The minimum atomic E-state index is -0.769. The molecule has 0 bridgehead atoms. The average molecular weight is 228 g/mol. The maximum Gasteiger partial charge on any atom is 0.307 e. The molecule has 0 fully saturated rings. The van der Waals surface area contributed by atoms with Crippen molar-refractivity contribution in [3.8, 4) is 0 Å². The van der Waals surface area contributed by atoms with Crippen molar-refractivity contribution in [1.82, 2.24) is 0 Å². The fourth-order valence-corrected chi connectivity index (χ4v) is 0.468. The first kappa shape index (κ1) is 19.7. The van der Waals surface area contributed by atoms with Gasteiger partial charge in [-0.2, -0.15) is 0 Å². The van der Waals surface area contributed by atoms with Gasteiger partial charge in [0.25, 0.3) is 0 Å². The van der Waals surface area contributed by atoms with Crippen LogP contribution >= 0.6 is 0 Å². The maximum absolute atomic E-state index is 9.82. The smallest absolute Gasteiger partial charge is 0.307 e. The zero-order chi connectivity index (χ0) is 13.4. The maximum atomic E-state index is 9.82. The molecule has 0 aliphatic heterocycles. The fraction of sp³-hybridized carbons (Fsp3) is 0.333. The van der Waals surface area contributed by atoms with E-state index in [0.29, 0.717) is 0 Å². The molecule has 0 heterocycles. The number of carbonyl (C=O) groups excluding carboxylic acids is 1. The summed E-state index contributed by atoms with van der Waals surface area (Å²) in [5, 5.41) is 8.09. The Kier molecular flexibility index (Phi) is 23.2. The first-order valence-corrected chi connectivity index (χ1v) is 4.69. The lowest BCUT2D eigenvalue weighted by molar-refractivity contribution is -0.136. The van der Waals surface area contributed by atoms with E-state index in [9.17, 15) is 9.59 Å². The van der Waals surface area contributed by atoms with Crippen LogP contribution in [0.25, 0.3) is 0 Å². The highest BCUT2D eigenvalue weighted by Gasteiger charge is 1.86. The van der Waals surface area contributed by atoms with Crippen LogP contribution in [-0.2, 0) is 14.3 Å². The van der Waals surface area contributed by atoms with Crippen molar-refractivity contribution < 1.29 is 19.4 Å². The van der Waals surface area contributed by atoms with Crippen molar-refractivity contribution in [1.29, 1.82) is 0 Å². The molecule has 0 aromatic rings. The van der Waals surface area contributed by atoms with Crippen LogP contribution < -0.4 is 0 Å². The van der Waals surface area contributed by atoms with Gasteiger partial charge in [-0.05, 0) is 6.42 Å². The van der Waals surface area contributed by atoms with Crippen molar-refractivity contribution >= 4 is 11.9 Å². The molecule has 0 rings (SSSR count). The Hall–Kier alpha value is -1.84. The number of carbonyl (C=O) groups is 2. The molecular formula is C12H20O4. The molecule has 1 N–H and O–H groups in total. The van der Waals surface area contributed by atoms with Gasteiger partial charge in [-0.1, -0.05) is 25.7 Å². The van der Waals surface area contributed by atoms with Crippen molar-refractivity contribution in [2.75, 3.05) is 0 Å². The normalized spacial score (nSPS) is 7.88. The van der Waals surface area contributed by atoms with Crippen LogP contribution in [0.15, 0.2) is 38.2 Å². The number of rotatable bonds is 4. The number of ether oxygens (including phenoxy) is 1. The quantitative estimate of drug-likeness (QED) is 0.456. The minimum absolute atomic E-state index is 0.147. The minimum Gasteiger partial charge on any atom is -0.481 e. The second-order valence-electron chi connectivity index (χ2n) is 2.25. The number of aliphatic carboxylic acids is 1. The SMILES string of the molecule is C=C.C=COC(C)=O.CCC=CCC(=O)O. The number of allylic oxidation sites excluding steroid dienone is 1. The molecule has 0 unspecified atom stereocenters. The Morgan fingerprint density at radius 1 is 1.31 bits per heavy atom. The molecule has 4 nitrogen and oxygen atoms in total. The molecular weight excluding hydrogens is 208 g/mol. The molecule has 0 saturated carbocycles. The van der Waals surface area contributed by atoms with Gasteiger partial charge in [0.05, 0.1) is 12.7 Å². The largest absolute Gasteiger partial charge is 0.481 e. The van der Waals surface area contributed by atoms with Gasteiger partial charge in [0.2, 0.25) is 0 Å². The molecule has 0 aliphatic rings. The summed E-state index contributed by atoms with van der Waals surface area (Å²) in [6, 6.07) is 0. The molecule has 0 aromatic heterocycles. The number of carboxylic acids is 1. The highest BCUT2D eigenvalue weighted by atomic mass is 16.5. The van der Waals surface area contributed by atoms with Crippen LogP contribution in [0.3, 0.4) is 0 Å². The molecule has 0 aliphatic carbocycles. The third kappa shape index (κ3) is 39.9. The van der Waals surface area contributed by atoms with Gasteiger partial charge in [0.15, 0.2) is 0 Å². The van der Waals surface area contributed by atoms with E-state index in [1.807, 2.05) is 13.0 Å². The third-order valence-electron chi connectivity index (χ3n) is 0.944. The zero-order valence-corrected chi connectivity index (χ0v) is 9.94. The van der Waals surface area contributed by atoms with E-state index in [1.54, 1.807) is 6.08 Å². The van der Waals surface area contributed by atoms with Crippen molar-refractivity contribution in [3.63, 3.8) is 0 Å². The summed E-state index contributed by atoms with van der Waals surface area (Å²) >= 11 is 0. The third-order valence-corrected chi connectivity index (χ3v) is 0.944. The second-order valence-corrected chi connectivity index (χ2v) is 2.25. The predicted octanol–water partition coefficient (Wildman–Crippen LogP) is 2.92. The lowest BCUT2D eigenvalue weighted by atomic mass is 10.3. The molecule has 0 radical (unpaired) electrons. The second kappa shape index (κ2) is 18.9. The van der Waals surface area contributed by atoms with E-state index in [0.717, 1.165) is 12.7 Å². The Bertz CT molecular complexity index is 219. The fourth-order valence-electron chi connectivity index (χ4n) is 0.468. The van der Waals surface area contributed by atoms with Gasteiger partial charge in [-0.3, -0.25) is 9.59 Å². The lowest BCUT2D eigenvalue weighted by Gasteiger charge is -1.83. The Balaban J connectivity index is -0.000000188. The Morgan fingerprint density at radius 3 is 2.00 bits per heavy atom. The van der Waals surface area contributed by atoms with Gasteiger partial charge in [-0.15, -0.1) is 13.2 Å². The average Bonchev–Trinajstić information content (AvgIpc) is 2.21. The molecule has 4 heteroatoms. The molecule has 0 amide bonds. The summed E-state index contributed by atoms with van der Waals surface area (Å²) in [6.45, 7) is 12.4. The molecule has 0 spiro atoms. The van der Waals surface area contributed by atoms with E-state index < -0.39 is 5.97 Å². The van der Waals surface area contributed by atoms with Crippen LogP contribution in [0, 0.1) is 0 Å². The van der Waals surface area contributed by atoms with Gasteiger partial charge >= 0.3 is 11.9 Å². The summed E-state index contributed by atoms with van der Waals surface area (Å²) < 4.78 is 4.17. The standard InChI is InChI=1S/C6H10O2.C4H6O2.C2H4/c1-2-3-4-5-6(7)8;1-3-6-4(2)5;1-2/h3-4H,2,5H2,1H3,(H,7,8);3H,1H2,2H3;1-2H2. The van der Waals surface area contributed by atoms with Gasteiger partial charge in [0.1, 0.15) is 0 Å². The monoisotopic (exact) mass is 228 g/mol. The highest BCUT2D eigenvalue weighted by Crippen LogP contribution is 1.84. The summed E-state index contributed by atoms with van der Waals surface area (Å²) in [6.07, 6.45) is 5.65. The number of esters is 1. The number of carboxylic acid groups (broad SMARTS) is 1. The lowest BCUT2D eigenvalue weighted by Crippen LogP contribution is -1.89.